The molecule has 0 saturated carbocycles. The van der Waals surface area contributed by atoms with Gasteiger partial charge in [-0.3, -0.25) is 9.78 Å². The fourth-order valence-corrected chi connectivity index (χ4v) is 4.51. The predicted octanol–water partition coefficient (Wildman–Crippen LogP) is 7.16. The van der Waals surface area contributed by atoms with Crippen LogP contribution in [0.25, 0.3) is 11.1 Å². The van der Waals surface area contributed by atoms with Gasteiger partial charge in [-0.1, -0.05) is 50.2 Å². The van der Waals surface area contributed by atoms with Gasteiger partial charge in [-0.2, -0.15) is 0 Å². The SMILES string of the molecule is CC(C)Sc1ccc(-c2ccccc2C(=O)Nc2ccc(NCCc3ccccn3)cc2)cc1. The maximum atomic E-state index is 13.1. The molecular formula is C29H29N3OS. The number of pyridine rings is 1. The number of aromatic nitrogens is 1. The van der Waals surface area contributed by atoms with Gasteiger partial charge in [0.15, 0.2) is 0 Å². The molecule has 0 aliphatic heterocycles. The van der Waals surface area contributed by atoms with E-state index in [-0.39, 0.29) is 5.91 Å². The fraction of sp³-hybridized carbons (Fsp3) is 0.172. The number of carbonyl (C=O) groups is 1. The Bertz CT molecular complexity index is 1210. The van der Waals surface area contributed by atoms with Crippen LogP contribution in [0.3, 0.4) is 0 Å². The maximum Gasteiger partial charge on any atom is 0.256 e. The number of hydrogen-bond acceptors (Lipinski definition) is 4. The number of hydrogen-bond donors (Lipinski definition) is 2. The quantitative estimate of drug-likeness (QED) is 0.257. The summed E-state index contributed by atoms with van der Waals surface area (Å²) in [5, 5.41) is 6.97. The lowest BCUT2D eigenvalue weighted by atomic mass is 9.99. The van der Waals surface area contributed by atoms with Gasteiger partial charge in [0.25, 0.3) is 5.91 Å². The fourth-order valence-electron chi connectivity index (χ4n) is 3.67. The monoisotopic (exact) mass is 467 g/mol. The van der Waals surface area contributed by atoms with Crippen LogP contribution < -0.4 is 10.6 Å². The van der Waals surface area contributed by atoms with Gasteiger partial charge in [0.1, 0.15) is 0 Å². The Labute approximate surface area is 205 Å². The first-order chi connectivity index (χ1) is 16.6. The van der Waals surface area contributed by atoms with Gasteiger partial charge in [0.2, 0.25) is 0 Å². The van der Waals surface area contributed by atoms with Crippen LogP contribution in [0.1, 0.15) is 29.9 Å². The van der Waals surface area contributed by atoms with Crippen molar-refractivity contribution in [1.29, 1.82) is 0 Å². The van der Waals surface area contributed by atoms with Crippen molar-refractivity contribution in [3.63, 3.8) is 0 Å². The van der Waals surface area contributed by atoms with Crippen molar-refractivity contribution >= 4 is 29.0 Å². The topological polar surface area (TPSA) is 54.0 Å². The summed E-state index contributed by atoms with van der Waals surface area (Å²) >= 11 is 1.83. The molecule has 0 saturated heterocycles. The minimum Gasteiger partial charge on any atom is -0.385 e. The highest BCUT2D eigenvalue weighted by molar-refractivity contribution is 7.99. The number of thioether (sulfide) groups is 1. The highest BCUT2D eigenvalue weighted by Gasteiger charge is 2.13. The number of anilines is 2. The summed E-state index contributed by atoms with van der Waals surface area (Å²) in [6, 6.07) is 29.9. The third kappa shape index (κ3) is 6.49. The van der Waals surface area contributed by atoms with Gasteiger partial charge in [0, 0.05) is 51.9 Å². The largest absolute Gasteiger partial charge is 0.385 e. The van der Waals surface area contributed by atoms with Gasteiger partial charge in [-0.25, -0.2) is 0 Å². The Hall–Kier alpha value is -3.57. The molecule has 1 heterocycles. The predicted molar refractivity (Wildman–Crippen MR) is 144 cm³/mol. The molecular weight excluding hydrogens is 438 g/mol. The molecule has 3 aromatic carbocycles. The van der Waals surface area contributed by atoms with Crippen molar-refractivity contribution in [2.24, 2.45) is 0 Å². The third-order valence-corrected chi connectivity index (χ3v) is 6.30. The zero-order valence-corrected chi connectivity index (χ0v) is 20.3. The maximum absolute atomic E-state index is 13.1. The van der Waals surface area contributed by atoms with Gasteiger partial charge in [-0.15, -0.1) is 11.8 Å². The van der Waals surface area contributed by atoms with E-state index in [9.17, 15) is 4.79 Å². The van der Waals surface area contributed by atoms with Crippen molar-refractivity contribution in [2.45, 2.75) is 30.4 Å². The van der Waals surface area contributed by atoms with E-state index in [1.54, 1.807) is 0 Å². The summed E-state index contributed by atoms with van der Waals surface area (Å²) < 4.78 is 0. The molecule has 1 amide bonds. The summed E-state index contributed by atoms with van der Waals surface area (Å²) in [7, 11) is 0. The molecule has 4 rings (SSSR count). The number of carbonyl (C=O) groups excluding carboxylic acids is 1. The summed E-state index contributed by atoms with van der Waals surface area (Å²) in [5.74, 6) is -0.118. The lowest BCUT2D eigenvalue weighted by molar-refractivity contribution is 0.102. The van der Waals surface area contributed by atoms with E-state index in [0.29, 0.717) is 10.8 Å². The van der Waals surface area contributed by atoms with E-state index < -0.39 is 0 Å². The van der Waals surface area contributed by atoms with E-state index >= 15 is 0 Å². The average Bonchev–Trinajstić information content (AvgIpc) is 2.86. The van der Waals surface area contributed by atoms with E-state index in [4.69, 9.17) is 0 Å². The van der Waals surface area contributed by atoms with Gasteiger partial charge < -0.3 is 10.6 Å². The van der Waals surface area contributed by atoms with Crippen LogP contribution in [0.5, 0.6) is 0 Å². The molecule has 4 nitrogen and oxygen atoms in total. The van der Waals surface area contributed by atoms with Crippen LogP contribution >= 0.6 is 11.8 Å². The second-order valence-electron chi connectivity index (χ2n) is 8.27. The Morgan fingerprint density at radius 1 is 0.853 bits per heavy atom. The van der Waals surface area contributed by atoms with E-state index in [2.05, 4.69) is 53.7 Å². The zero-order chi connectivity index (χ0) is 23.8. The molecule has 0 bridgehead atoms. The Kier molecular flexibility index (Phi) is 7.99. The van der Waals surface area contributed by atoms with Crippen molar-refractivity contribution in [2.75, 3.05) is 17.2 Å². The number of nitrogens with zero attached hydrogens (tertiary/aromatic N) is 1. The van der Waals surface area contributed by atoms with Gasteiger partial charge in [-0.05, 0) is 65.7 Å². The standard InChI is InChI=1S/C29H29N3OS/c1-21(2)34-26-16-10-22(11-17-26)27-8-3-4-9-28(27)29(33)32-25-14-12-24(13-15-25)31-20-18-23-7-5-6-19-30-23/h3-17,19,21,31H,18,20H2,1-2H3,(H,32,33). The van der Waals surface area contributed by atoms with E-state index in [1.807, 2.05) is 84.7 Å². The van der Waals surface area contributed by atoms with Crippen LogP contribution in [0, 0.1) is 0 Å². The number of benzene rings is 3. The van der Waals surface area contributed by atoms with Crippen LogP contribution in [0.2, 0.25) is 0 Å². The molecule has 34 heavy (non-hydrogen) atoms. The first-order valence-corrected chi connectivity index (χ1v) is 12.4. The summed E-state index contributed by atoms with van der Waals surface area (Å²) in [5.41, 5.74) is 5.45. The van der Waals surface area contributed by atoms with Crippen LogP contribution in [0.15, 0.2) is 102 Å². The Morgan fingerprint density at radius 3 is 2.26 bits per heavy atom. The third-order valence-electron chi connectivity index (χ3n) is 5.29. The van der Waals surface area contributed by atoms with Gasteiger partial charge >= 0.3 is 0 Å². The average molecular weight is 468 g/mol. The molecule has 0 fully saturated rings. The minimum atomic E-state index is -0.118. The van der Waals surface area contributed by atoms with Crippen LogP contribution in [0.4, 0.5) is 11.4 Å². The molecule has 172 valence electrons. The Balaban J connectivity index is 1.39. The summed E-state index contributed by atoms with van der Waals surface area (Å²) in [6.45, 7) is 5.16. The van der Waals surface area contributed by atoms with Crippen molar-refractivity contribution in [3.8, 4) is 11.1 Å². The zero-order valence-electron chi connectivity index (χ0n) is 19.5. The van der Waals surface area contributed by atoms with Crippen molar-refractivity contribution < 1.29 is 4.79 Å². The molecule has 5 heteroatoms. The van der Waals surface area contributed by atoms with Crippen LogP contribution in [-0.2, 0) is 6.42 Å². The Morgan fingerprint density at radius 2 is 1.56 bits per heavy atom. The smallest absolute Gasteiger partial charge is 0.256 e. The highest BCUT2D eigenvalue weighted by atomic mass is 32.2. The number of amides is 1. The summed E-state index contributed by atoms with van der Waals surface area (Å²) in [4.78, 5) is 18.7. The normalized spacial score (nSPS) is 10.8. The molecule has 1 aromatic heterocycles. The first-order valence-electron chi connectivity index (χ1n) is 11.5. The molecule has 2 N–H and O–H groups in total. The summed E-state index contributed by atoms with van der Waals surface area (Å²) in [6.07, 6.45) is 2.67. The molecule has 0 unspecified atom stereocenters. The van der Waals surface area contributed by atoms with E-state index in [1.165, 1.54) is 4.90 Å². The van der Waals surface area contributed by atoms with Crippen molar-refractivity contribution in [3.05, 3.63) is 108 Å². The molecule has 0 radical (unpaired) electrons. The van der Waals surface area contributed by atoms with Crippen molar-refractivity contribution in [1.82, 2.24) is 4.98 Å². The number of nitrogens with one attached hydrogen (secondary N) is 2. The second-order valence-corrected chi connectivity index (χ2v) is 9.92. The van der Waals surface area contributed by atoms with E-state index in [0.717, 1.165) is 41.2 Å². The number of rotatable bonds is 9. The van der Waals surface area contributed by atoms with Crippen LogP contribution in [-0.4, -0.2) is 22.7 Å². The lowest BCUT2D eigenvalue weighted by Crippen LogP contribution is -2.13. The molecule has 4 aromatic rings. The second kappa shape index (κ2) is 11.5. The molecule has 0 atom stereocenters. The molecule has 0 aliphatic carbocycles. The first kappa shape index (κ1) is 23.6. The molecule has 0 spiro atoms. The highest BCUT2D eigenvalue weighted by Crippen LogP contribution is 2.29. The lowest BCUT2D eigenvalue weighted by Gasteiger charge is -2.12. The minimum absolute atomic E-state index is 0.118. The van der Waals surface area contributed by atoms with Gasteiger partial charge in [0.05, 0.1) is 0 Å². The molecule has 0 aliphatic rings.